The molecule has 10 heavy (non-hydrogen) atoms. The molecule has 0 amide bonds. The molecule has 0 radical (unpaired) electrons. The number of aldehydes is 1. The van der Waals surface area contributed by atoms with E-state index in [0.717, 1.165) is 0 Å². The van der Waals surface area contributed by atoms with Gasteiger partial charge in [0.1, 0.15) is 10.3 Å². The van der Waals surface area contributed by atoms with Crippen LogP contribution in [0.4, 0.5) is 5.82 Å². The SMILES string of the molecule is Nc1ncc(Br)nc1C=O. The molecule has 0 bridgehead atoms. The summed E-state index contributed by atoms with van der Waals surface area (Å²) in [5, 5.41) is 0. The highest BCUT2D eigenvalue weighted by Crippen LogP contribution is 2.07. The fraction of sp³-hybridized carbons (Fsp3) is 0. The summed E-state index contributed by atoms with van der Waals surface area (Å²) in [4.78, 5) is 17.6. The molecule has 0 saturated heterocycles. The Kier molecular flexibility index (Phi) is 1.96. The van der Waals surface area contributed by atoms with Gasteiger partial charge in [-0.2, -0.15) is 0 Å². The van der Waals surface area contributed by atoms with Crippen LogP contribution >= 0.6 is 15.9 Å². The first kappa shape index (κ1) is 7.14. The molecular formula is C5H4BrN3O. The van der Waals surface area contributed by atoms with Crippen LogP contribution in [0, 0.1) is 0 Å². The molecule has 0 aromatic carbocycles. The van der Waals surface area contributed by atoms with Gasteiger partial charge in [0.05, 0.1) is 6.20 Å². The van der Waals surface area contributed by atoms with Crippen LogP contribution < -0.4 is 5.73 Å². The van der Waals surface area contributed by atoms with Crippen LogP contribution in [0.3, 0.4) is 0 Å². The first-order valence-electron chi connectivity index (χ1n) is 2.47. The molecule has 0 unspecified atom stereocenters. The lowest BCUT2D eigenvalue weighted by Crippen LogP contribution is -1.99. The Labute approximate surface area is 65.6 Å². The minimum atomic E-state index is 0.151. The first-order valence-corrected chi connectivity index (χ1v) is 3.26. The zero-order valence-electron chi connectivity index (χ0n) is 4.91. The topological polar surface area (TPSA) is 68.9 Å². The third-order valence-corrected chi connectivity index (χ3v) is 1.29. The monoisotopic (exact) mass is 201 g/mol. The maximum Gasteiger partial charge on any atom is 0.172 e. The number of rotatable bonds is 1. The van der Waals surface area contributed by atoms with E-state index in [4.69, 9.17) is 5.73 Å². The van der Waals surface area contributed by atoms with Crippen LogP contribution in [0.15, 0.2) is 10.8 Å². The van der Waals surface area contributed by atoms with E-state index in [1.807, 2.05) is 0 Å². The molecule has 0 aliphatic heterocycles. The Hall–Kier alpha value is -0.970. The molecule has 1 aromatic heterocycles. The van der Waals surface area contributed by atoms with Gasteiger partial charge in [-0.15, -0.1) is 0 Å². The van der Waals surface area contributed by atoms with Crippen molar-refractivity contribution in [1.29, 1.82) is 0 Å². The van der Waals surface area contributed by atoms with Crippen LogP contribution in [0.1, 0.15) is 10.5 Å². The number of hydrogen-bond acceptors (Lipinski definition) is 4. The van der Waals surface area contributed by atoms with E-state index in [1.165, 1.54) is 6.20 Å². The normalized spacial score (nSPS) is 9.30. The third kappa shape index (κ3) is 1.30. The largest absolute Gasteiger partial charge is 0.382 e. The second kappa shape index (κ2) is 2.74. The Morgan fingerprint density at radius 3 is 2.90 bits per heavy atom. The van der Waals surface area contributed by atoms with Gasteiger partial charge in [0, 0.05) is 0 Å². The summed E-state index contributed by atoms with van der Waals surface area (Å²) in [5.41, 5.74) is 5.44. The van der Waals surface area contributed by atoms with E-state index >= 15 is 0 Å². The molecule has 52 valence electrons. The quantitative estimate of drug-likeness (QED) is 0.678. The molecule has 0 aliphatic carbocycles. The van der Waals surface area contributed by atoms with Gasteiger partial charge in [0.2, 0.25) is 0 Å². The number of anilines is 1. The predicted octanol–water partition coefficient (Wildman–Crippen LogP) is 0.634. The van der Waals surface area contributed by atoms with Crippen molar-refractivity contribution in [2.24, 2.45) is 0 Å². The molecule has 1 aromatic rings. The van der Waals surface area contributed by atoms with E-state index in [2.05, 4.69) is 25.9 Å². The Morgan fingerprint density at radius 1 is 1.70 bits per heavy atom. The predicted molar refractivity (Wildman–Crippen MR) is 39.5 cm³/mol. The molecule has 0 fully saturated rings. The third-order valence-electron chi connectivity index (χ3n) is 0.911. The Bertz CT molecular complexity index is 263. The minimum absolute atomic E-state index is 0.151. The van der Waals surface area contributed by atoms with Crippen molar-refractivity contribution >= 4 is 28.0 Å². The highest BCUT2D eigenvalue weighted by molar-refractivity contribution is 9.10. The van der Waals surface area contributed by atoms with Crippen LogP contribution in [0.2, 0.25) is 0 Å². The fourth-order valence-corrected chi connectivity index (χ4v) is 0.770. The van der Waals surface area contributed by atoms with Crippen LogP contribution in [-0.4, -0.2) is 16.3 Å². The summed E-state index contributed by atoms with van der Waals surface area (Å²) in [6, 6.07) is 0. The van der Waals surface area contributed by atoms with Gasteiger partial charge in [0.25, 0.3) is 0 Å². The maximum absolute atomic E-state index is 10.2. The lowest BCUT2D eigenvalue weighted by atomic mass is 10.4. The van der Waals surface area contributed by atoms with Gasteiger partial charge in [-0.3, -0.25) is 4.79 Å². The van der Waals surface area contributed by atoms with E-state index in [0.29, 0.717) is 10.9 Å². The average molecular weight is 202 g/mol. The van der Waals surface area contributed by atoms with Crippen molar-refractivity contribution in [3.05, 3.63) is 16.5 Å². The second-order valence-corrected chi connectivity index (χ2v) is 2.39. The zero-order chi connectivity index (χ0) is 7.56. The number of hydrogen-bond donors (Lipinski definition) is 1. The van der Waals surface area contributed by atoms with Crippen LogP contribution in [0.25, 0.3) is 0 Å². The molecule has 1 heterocycles. The van der Waals surface area contributed by atoms with Crippen molar-refractivity contribution in [2.75, 3.05) is 5.73 Å². The average Bonchev–Trinajstić information content (AvgIpc) is 1.94. The first-order chi connectivity index (χ1) is 4.74. The van der Waals surface area contributed by atoms with E-state index in [-0.39, 0.29) is 11.5 Å². The number of nitrogens with two attached hydrogens (primary N) is 1. The molecule has 0 aliphatic rings. The highest BCUT2D eigenvalue weighted by Gasteiger charge is 1.99. The molecule has 4 nitrogen and oxygen atoms in total. The second-order valence-electron chi connectivity index (χ2n) is 1.58. The van der Waals surface area contributed by atoms with Crippen molar-refractivity contribution in [2.45, 2.75) is 0 Å². The number of carbonyl (C=O) groups excluding carboxylic acids is 1. The van der Waals surface area contributed by atoms with Gasteiger partial charge in [-0.1, -0.05) is 0 Å². The number of halogens is 1. The summed E-state index contributed by atoms with van der Waals surface area (Å²) in [7, 11) is 0. The van der Waals surface area contributed by atoms with Gasteiger partial charge in [-0.05, 0) is 15.9 Å². The molecule has 1 rings (SSSR count). The lowest BCUT2D eigenvalue weighted by molar-refractivity contribution is 0.111. The summed E-state index contributed by atoms with van der Waals surface area (Å²) < 4.78 is 0.504. The lowest BCUT2D eigenvalue weighted by Gasteiger charge is -1.94. The van der Waals surface area contributed by atoms with Crippen molar-refractivity contribution < 1.29 is 4.79 Å². The summed E-state index contributed by atoms with van der Waals surface area (Å²) in [6.07, 6.45) is 2.00. The van der Waals surface area contributed by atoms with Gasteiger partial charge >= 0.3 is 0 Å². The number of carbonyl (C=O) groups is 1. The molecule has 5 heteroatoms. The molecule has 0 atom stereocenters. The summed E-state index contributed by atoms with van der Waals surface area (Å²) in [6.45, 7) is 0. The van der Waals surface area contributed by atoms with Crippen molar-refractivity contribution in [1.82, 2.24) is 9.97 Å². The Morgan fingerprint density at radius 2 is 2.40 bits per heavy atom. The molecule has 0 saturated carbocycles. The number of nitrogens with zero attached hydrogens (tertiary/aromatic N) is 2. The summed E-state index contributed by atoms with van der Waals surface area (Å²) in [5.74, 6) is 0.151. The van der Waals surface area contributed by atoms with Crippen molar-refractivity contribution in [3.63, 3.8) is 0 Å². The van der Waals surface area contributed by atoms with Gasteiger partial charge in [0.15, 0.2) is 12.1 Å². The van der Waals surface area contributed by atoms with E-state index < -0.39 is 0 Å². The van der Waals surface area contributed by atoms with E-state index in [1.54, 1.807) is 0 Å². The van der Waals surface area contributed by atoms with Crippen LogP contribution in [0.5, 0.6) is 0 Å². The smallest absolute Gasteiger partial charge is 0.172 e. The minimum Gasteiger partial charge on any atom is -0.382 e. The summed E-state index contributed by atoms with van der Waals surface area (Å²) >= 11 is 3.05. The van der Waals surface area contributed by atoms with Gasteiger partial charge < -0.3 is 5.73 Å². The fourth-order valence-electron chi connectivity index (χ4n) is 0.477. The number of nitrogen functional groups attached to an aromatic ring is 1. The molecular weight excluding hydrogens is 198 g/mol. The van der Waals surface area contributed by atoms with Crippen LogP contribution in [-0.2, 0) is 0 Å². The molecule has 0 spiro atoms. The zero-order valence-corrected chi connectivity index (χ0v) is 6.50. The maximum atomic E-state index is 10.2. The highest BCUT2D eigenvalue weighted by atomic mass is 79.9. The standard InChI is InChI=1S/C5H4BrN3O/c6-4-1-8-5(7)3(2-10)9-4/h1-2H,(H2,7,8). The van der Waals surface area contributed by atoms with E-state index in [9.17, 15) is 4.79 Å². The number of aromatic nitrogens is 2. The van der Waals surface area contributed by atoms with Crippen molar-refractivity contribution in [3.8, 4) is 0 Å². The van der Waals surface area contributed by atoms with Gasteiger partial charge in [-0.25, -0.2) is 9.97 Å². The molecule has 2 N–H and O–H groups in total. The Balaban J connectivity index is 3.21.